The minimum absolute atomic E-state index is 0.676. The van der Waals surface area contributed by atoms with Crippen LogP contribution >= 0.6 is 0 Å². The molecule has 17 heavy (non-hydrogen) atoms. The van der Waals surface area contributed by atoms with Crippen molar-refractivity contribution in [3.05, 3.63) is 12.1 Å². The summed E-state index contributed by atoms with van der Waals surface area (Å²) in [5.41, 5.74) is 0. The van der Waals surface area contributed by atoms with Crippen LogP contribution in [0.25, 0.3) is 0 Å². The maximum absolute atomic E-state index is 5.24. The predicted octanol–water partition coefficient (Wildman–Crippen LogP) is 0.416. The Morgan fingerprint density at radius 2 is 1.35 bits per heavy atom. The number of rotatable bonds is 3. The fourth-order valence-corrected chi connectivity index (χ4v) is 2.11. The zero-order chi connectivity index (χ0) is 13.4. The summed E-state index contributed by atoms with van der Waals surface area (Å²) in [4.78, 5) is 2.00. The summed E-state index contributed by atoms with van der Waals surface area (Å²) in [6, 6.07) is 3.88. The van der Waals surface area contributed by atoms with Gasteiger partial charge in [0.15, 0.2) is 0 Å². The van der Waals surface area contributed by atoms with Crippen LogP contribution in [0.1, 0.15) is 0 Å². The van der Waals surface area contributed by atoms with Crippen LogP contribution in [0.4, 0.5) is 0 Å². The van der Waals surface area contributed by atoms with Gasteiger partial charge in [0.1, 0.15) is 0 Å². The Morgan fingerprint density at radius 3 is 1.71 bits per heavy atom. The zero-order valence-electron chi connectivity index (χ0n) is 11.4. The summed E-state index contributed by atoms with van der Waals surface area (Å²) in [6.07, 6.45) is 0. The van der Waals surface area contributed by atoms with Gasteiger partial charge < -0.3 is 4.90 Å². The molecule has 1 rings (SSSR count). The van der Waals surface area contributed by atoms with E-state index in [9.17, 15) is 0 Å². The Bertz CT molecular complexity index is 340. The Labute approximate surface area is 117 Å². The number of hydrogen-bond donors (Lipinski definition) is 0. The fraction of sp³-hybridized carbons (Fsp3) is 0.500. The molecule has 0 unspecified atom stereocenters. The quantitative estimate of drug-likeness (QED) is 0.743. The van der Waals surface area contributed by atoms with Crippen LogP contribution in [0.15, 0.2) is 12.1 Å². The first-order chi connectivity index (χ1) is 7.97. The normalized spacial score (nSPS) is 9.41. The average molecular weight is 346 g/mol. The first-order valence-corrected chi connectivity index (χ1v) is 6.78. The van der Waals surface area contributed by atoms with Gasteiger partial charge in [-0.3, -0.25) is 0 Å². The molecule has 0 saturated carbocycles. The molecule has 0 saturated heterocycles. The molecule has 2 radical (unpaired) electrons. The molecule has 0 atom stereocenters. The van der Waals surface area contributed by atoms with Crippen molar-refractivity contribution in [2.24, 2.45) is 0 Å². The molecule has 0 bridgehead atoms. The third kappa shape index (κ3) is 5.50. The second-order valence-corrected chi connectivity index (χ2v) is 5.54. The van der Waals surface area contributed by atoms with E-state index in [0.717, 1.165) is 31.9 Å². The van der Waals surface area contributed by atoms with Crippen LogP contribution in [0.5, 0.6) is 17.2 Å². The van der Waals surface area contributed by atoms with Crippen molar-refractivity contribution < 1.29 is 14.2 Å². The van der Waals surface area contributed by atoms with E-state index in [1.54, 1.807) is 21.3 Å². The molecule has 0 aromatic heterocycles. The number of nitrogens with zero attached hydrogens (tertiary/aromatic N) is 1. The van der Waals surface area contributed by atoms with E-state index in [1.165, 1.54) is 0 Å². The molecule has 4 nitrogen and oxygen atoms in total. The molecule has 0 N–H and O–H groups in total. The second kappa shape index (κ2) is 8.47. The molecule has 0 amide bonds. The molecule has 0 fully saturated rings. The van der Waals surface area contributed by atoms with Gasteiger partial charge in [-0.15, -0.1) is 0 Å². The van der Waals surface area contributed by atoms with Crippen molar-refractivity contribution in [1.82, 2.24) is 4.90 Å². The van der Waals surface area contributed by atoms with E-state index in [4.69, 9.17) is 14.2 Å². The Morgan fingerprint density at radius 1 is 0.882 bits per heavy atom. The van der Waals surface area contributed by atoms with E-state index < -0.39 is 0 Å². The van der Waals surface area contributed by atoms with Gasteiger partial charge in [0.2, 0.25) is 0 Å². The first-order valence-electron chi connectivity index (χ1n) is 5.13. The SMILES string of the molecule is CN(C)C.COc1cc[c]([SnH])c(OC)c1OC. The molecule has 0 aliphatic heterocycles. The molecule has 5 heteroatoms. The van der Waals surface area contributed by atoms with Crippen LogP contribution in [0.2, 0.25) is 0 Å². The van der Waals surface area contributed by atoms with Gasteiger partial charge in [0.05, 0.1) is 0 Å². The van der Waals surface area contributed by atoms with Gasteiger partial charge in [-0.1, -0.05) is 0 Å². The summed E-state index contributed by atoms with van der Waals surface area (Å²) in [5, 5.41) is 0. The molecule has 1 aromatic carbocycles. The Balaban J connectivity index is 0.000000557. The summed E-state index contributed by atoms with van der Waals surface area (Å²) in [7, 11) is 10.9. The zero-order valence-corrected chi connectivity index (χ0v) is 14.7. The van der Waals surface area contributed by atoms with Crippen LogP contribution in [0.3, 0.4) is 0 Å². The maximum atomic E-state index is 5.24. The predicted molar refractivity (Wildman–Crippen MR) is 72.5 cm³/mol. The fourth-order valence-electron chi connectivity index (χ4n) is 1.12. The monoisotopic (exact) mass is 347 g/mol. The molecule has 0 spiro atoms. The van der Waals surface area contributed by atoms with Crippen LogP contribution in [-0.2, 0) is 0 Å². The van der Waals surface area contributed by atoms with Gasteiger partial charge in [-0.05, 0) is 21.1 Å². The van der Waals surface area contributed by atoms with E-state index in [0.29, 0.717) is 11.5 Å². The standard InChI is InChI=1S/C9H11O3.C3H9N.Sn.H/c1-10-7-5-4-6-8(11-2)9(7)12-3;1-4(2)3;;/h4-5H,1-3H3;1-3H3;;. The molecule has 0 aliphatic carbocycles. The first kappa shape index (κ1) is 16.4. The van der Waals surface area contributed by atoms with Crippen LogP contribution < -0.4 is 17.8 Å². The van der Waals surface area contributed by atoms with Gasteiger partial charge >= 0.3 is 91.0 Å². The van der Waals surface area contributed by atoms with Gasteiger partial charge in [-0.25, -0.2) is 0 Å². The number of methoxy groups -OCH3 is 3. The second-order valence-electron chi connectivity index (χ2n) is 3.77. The van der Waals surface area contributed by atoms with Crippen molar-refractivity contribution in [2.45, 2.75) is 0 Å². The summed E-state index contributed by atoms with van der Waals surface area (Å²) in [5.74, 6) is 2.16. The molecule has 1 aromatic rings. The van der Waals surface area contributed by atoms with Crippen molar-refractivity contribution in [3.63, 3.8) is 0 Å². The molecular weight excluding hydrogens is 325 g/mol. The summed E-state index contributed by atoms with van der Waals surface area (Å²) < 4.78 is 16.7. The van der Waals surface area contributed by atoms with Crippen molar-refractivity contribution in [2.75, 3.05) is 42.5 Å². The Kier molecular flexibility index (Phi) is 8.16. The summed E-state index contributed by atoms with van der Waals surface area (Å²) in [6.45, 7) is 0. The van der Waals surface area contributed by atoms with Gasteiger partial charge in [0, 0.05) is 0 Å². The van der Waals surface area contributed by atoms with E-state index in [2.05, 4.69) is 0 Å². The van der Waals surface area contributed by atoms with E-state index >= 15 is 0 Å². The minimum atomic E-state index is 0.676. The van der Waals surface area contributed by atoms with Crippen LogP contribution in [0, 0.1) is 0 Å². The Hall–Kier alpha value is -0.621. The van der Waals surface area contributed by atoms with Gasteiger partial charge in [-0.2, -0.15) is 0 Å². The number of hydrogen-bond acceptors (Lipinski definition) is 4. The molecule has 0 heterocycles. The average Bonchev–Trinajstić information content (AvgIpc) is 2.27. The van der Waals surface area contributed by atoms with Crippen molar-refractivity contribution in [3.8, 4) is 17.2 Å². The molecule has 96 valence electrons. The van der Waals surface area contributed by atoms with Gasteiger partial charge in [0.25, 0.3) is 0 Å². The van der Waals surface area contributed by atoms with E-state index in [-0.39, 0.29) is 0 Å². The molecule has 0 aliphatic rings. The summed E-state index contributed by atoms with van der Waals surface area (Å²) >= 11 is 0.994. The topological polar surface area (TPSA) is 30.9 Å². The third-order valence-corrected chi connectivity index (χ3v) is 3.03. The molecular formula is C12H21NO3Sn. The van der Waals surface area contributed by atoms with Crippen molar-refractivity contribution >= 4 is 26.1 Å². The number of benzene rings is 1. The number of ether oxygens (including phenoxy) is 3. The third-order valence-electron chi connectivity index (χ3n) is 1.73. The van der Waals surface area contributed by atoms with E-state index in [1.807, 2.05) is 38.2 Å². The van der Waals surface area contributed by atoms with Crippen LogP contribution in [-0.4, -0.2) is 69.9 Å². The van der Waals surface area contributed by atoms with Crippen molar-refractivity contribution in [1.29, 1.82) is 0 Å².